The Morgan fingerprint density at radius 2 is 2.35 bits per heavy atom. The molecule has 1 aliphatic rings. The molecule has 0 amide bonds. The molecule has 5 heteroatoms. The first-order chi connectivity index (χ1) is 8.25. The van der Waals surface area contributed by atoms with Gasteiger partial charge >= 0.3 is 0 Å². The van der Waals surface area contributed by atoms with Gasteiger partial charge in [0.05, 0.1) is 5.69 Å². The summed E-state index contributed by atoms with van der Waals surface area (Å²) >= 11 is 5.79. The highest BCUT2D eigenvalue weighted by Gasteiger charge is 2.17. The van der Waals surface area contributed by atoms with Crippen molar-refractivity contribution in [2.45, 2.75) is 31.8 Å². The maximum absolute atomic E-state index is 5.79. The number of aromatic nitrogens is 2. The molecular formula is C12H19ClN4. The molecule has 0 aliphatic carbocycles. The molecular weight excluding hydrogens is 236 g/mol. The SMILES string of the molecule is CN(Cc1ccnc(Cl)n1)C1CCCNCC1. The van der Waals surface area contributed by atoms with Crippen molar-refractivity contribution >= 4 is 11.6 Å². The van der Waals surface area contributed by atoms with E-state index in [4.69, 9.17) is 11.6 Å². The van der Waals surface area contributed by atoms with Crippen molar-refractivity contribution in [3.8, 4) is 0 Å². The van der Waals surface area contributed by atoms with Crippen LogP contribution in [-0.4, -0.2) is 41.0 Å². The lowest BCUT2D eigenvalue weighted by molar-refractivity contribution is 0.214. The van der Waals surface area contributed by atoms with E-state index in [-0.39, 0.29) is 0 Å². The molecule has 2 rings (SSSR count). The van der Waals surface area contributed by atoms with Crippen LogP contribution in [0.25, 0.3) is 0 Å². The van der Waals surface area contributed by atoms with Crippen molar-refractivity contribution in [1.82, 2.24) is 20.2 Å². The molecule has 4 nitrogen and oxygen atoms in total. The van der Waals surface area contributed by atoms with Crippen LogP contribution in [0.1, 0.15) is 25.0 Å². The molecule has 17 heavy (non-hydrogen) atoms. The van der Waals surface area contributed by atoms with E-state index in [2.05, 4.69) is 27.2 Å². The Kier molecular flexibility index (Phi) is 4.71. The minimum atomic E-state index is 0.332. The van der Waals surface area contributed by atoms with Gasteiger partial charge in [-0.3, -0.25) is 4.90 Å². The Labute approximate surface area is 107 Å². The predicted octanol–water partition coefficient (Wildman–Crippen LogP) is 1.70. The van der Waals surface area contributed by atoms with Crippen LogP contribution in [0, 0.1) is 0 Å². The standard InChI is InChI=1S/C12H19ClN4/c1-17(11-3-2-6-14-7-5-11)9-10-4-8-15-12(13)16-10/h4,8,11,14H,2-3,5-7,9H2,1H3. The van der Waals surface area contributed by atoms with E-state index in [9.17, 15) is 0 Å². The summed E-state index contributed by atoms with van der Waals surface area (Å²) in [6.45, 7) is 3.09. The van der Waals surface area contributed by atoms with Crippen LogP contribution in [0.2, 0.25) is 5.28 Å². The average Bonchev–Trinajstić information content (AvgIpc) is 2.57. The first-order valence-electron chi connectivity index (χ1n) is 6.14. The maximum Gasteiger partial charge on any atom is 0.222 e. The van der Waals surface area contributed by atoms with Crippen molar-refractivity contribution < 1.29 is 0 Å². The molecule has 0 bridgehead atoms. The molecule has 1 N–H and O–H groups in total. The van der Waals surface area contributed by atoms with Gasteiger partial charge in [0.15, 0.2) is 0 Å². The van der Waals surface area contributed by atoms with Crippen LogP contribution < -0.4 is 5.32 Å². The van der Waals surface area contributed by atoms with Gasteiger partial charge in [-0.1, -0.05) is 0 Å². The summed E-state index contributed by atoms with van der Waals surface area (Å²) in [6.07, 6.45) is 5.42. The number of hydrogen-bond acceptors (Lipinski definition) is 4. The zero-order chi connectivity index (χ0) is 12.1. The normalized spacial score (nSPS) is 21.5. The van der Waals surface area contributed by atoms with Gasteiger partial charge in [0, 0.05) is 18.8 Å². The molecule has 1 saturated heterocycles. The lowest BCUT2D eigenvalue weighted by Crippen LogP contribution is -2.32. The Morgan fingerprint density at radius 3 is 3.18 bits per heavy atom. The molecule has 94 valence electrons. The zero-order valence-electron chi connectivity index (χ0n) is 10.2. The van der Waals surface area contributed by atoms with Crippen molar-refractivity contribution in [2.75, 3.05) is 20.1 Å². The summed E-state index contributed by atoms with van der Waals surface area (Å²) in [4.78, 5) is 10.5. The van der Waals surface area contributed by atoms with Gasteiger partial charge in [-0.2, -0.15) is 0 Å². The summed E-state index contributed by atoms with van der Waals surface area (Å²) in [7, 11) is 2.16. The first-order valence-corrected chi connectivity index (χ1v) is 6.52. The average molecular weight is 255 g/mol. The van der Waals surface area contributed by atoms with Crippen LogP contribution in [0.5, 0.6) is 0 Å². The molecule has 1 fully saturated rings. The number of rotatable bonds is 3. The van der Waals surface area contributed by atoms with E-state index in [0.29, 0.717) is 11.3 Å². The summed E-state index contributed by atoms with van der Waals surface area (Å²) in [5.74, 6) is 0. The summed E-state index contributed by atoms with van der Waals surface area (Å²) in [6, 6.07) is 2.57. The smallest absolute Gasteiger partial charge is 0.222 e. The van der Waals surface area contributed by atoms with Crippen LogP contribution >= 0.6 is 11.6 Å². The fourth-order valence-electron chi connectivity index (χ4n) is 2.28. The first kappa shape index (κ1) is 12.7. The lowest BCUT2D eigenvalue weighted by atomic mass is 10.1. The largest absolute Gasteiger partial charge is 0.317 e. The second kappa shape index (κ2) is 6.28. The van der Waals surface area contributed by atoms with Gasteiger partial charge in [-0.25, -0.2) is 9.97 Å². The second-order valence-electron chi connectivity index (χ2n) is 4.57. The maximum atomic E-state index is 5.79. The lowest BCUT2D eigenvalue weighted by Gasteiger charge is -2.26. The summed E-state index contributed by atoms with van der Waals surface area (Å²) < 4.78 is 0. The second-order valence-corrected chi connectivity index (χ2v) is 4.90. The Morgan fingerprint density at radius 1 is 1.47 bits per heavy atom. The van der Waals surface area contributed by atoms with Crippen molar-refractivity contribution in [2.24, 2.45) is 0 Å². The fraction of sp³-hybridized carbons (Fsp3) is 0.667. The molecule has 0 saturated carbocycles. The van der Waals surface area contributed by atoms with E-state index in [0.717, 1.165) is 25.3 Å². The van der Waals surface area contributed by atoms with Crippen molar-refractivity contribution in [3.05, 3.63) is 23.2 Å². The zero-order valence-corrected chi connectivity index (χ0v) is 11.0. The minimum absolute atomic E-state index is 0.332. The number of halogens is 1. The van der Waals surface area contributed by atoms with Gasteiger partial charge < -0.3 is 5.32 Å². The monoisotopic (exact) mass is 254 g/mol. The molecule has 1 unspecified atom stereocenters. The summed E-state index contributed by atoms with van der Waals surface area (Å²) in [5.41, 5.74) is 0.990. The molecule has 0 aromatic carbocycles. The molecule has 1 aromatic heterocycles. The van der Waals surface area contributed by atoms with Crippen LogP contribution in [0.4, 0.5) is 0 Å². The Balaban J connectivity index is 1.93. The highest BCUT2D eigenvalue weighted by Crippen LogP contribution is 2.14. The highest BCUT2D eigenvalue weighted by molar-refractivity contribution is 6.28. The topological polar surface area (TPSA) is 41.1 Å². The van der Waals surface area contributed by atoms with E-state index in [1.165, 1.54) is 19.3 Å². The van der Waals surface area contributed by atoms with Gasteiger partial charge in [0.2, 0.25) is 5.28 Å². The van der Waals surface area contributed by atoms with E-state index >= 15 is 0 Å². The third kappa shape index (κ3) is 3.91. The predicted molar refractivity (Wildman–Crippen MR) is 69.0 cm³/mol. The summed E-state index contributed by atoms with van der Waals surface area (Å²) in [5, 5.41) is 3.76. The molecule has 0 spiro atoms. The van der Waals surface area contributed by atoms with E-state index in [1.807, 2.05) is 6.07 Å². The fourth-order valence-corrected chi connectivity index (χ4v) is 2.45. The molecule has 1 aliphatic heterocycles. The van der Waals surface area contributed by atoms with Crippen LogP contribution in [-0.2, 0) is 6.54 Å². The molecule has 0 radical (unpaired) electrons. The van der Waals surface area contributed by atoms with Gasteiger partial charge in [-0.15, -0.1) is 0 Å². The van der Waals surface area contributed by atoms with Crippen LogP contribution in [0.3, 0.4) is 0 Å². The quantitative estimate of drug-likeness (QED) is 0.834. The minimum Gasteiger partial charge on any atom is -0.317 e. The van der Waals surface area contributed by atoms with E-state index < -0.39 is 0 Å². The van der Waals surface area contributed by atoms with Crippen molar-refractivity contribution in [1.29, 1.82) is 0 Å². The van der Waals surface area contributed by atoms with Crippen LogP contribution in [0.15, 0.2) is 12.3 Å². The highest BCUT2D eigenvalue weighted by atomic mass is 35.5. The third-order valence-corrected chi connectivity index (χ3v) is 3.45. The van der Waals surface area contributed by atoms with Gasteiger partial charge in [0.25, 0.3) is 0 Å². The Hall–Kier alpha value is -0.710. The molecule has 2 heterocycles. The number of nitrogens with zero attached hydrogens (tertiary/aromatic N) is 3. The van der Waals surface area contributed by atoms with Gasteiger partial charge in [-0.05, 0) is 57.1 Å². The molecule has 1 aromatic rings. The Bertz CT molecular complexity index is 350. The molecule has 1 atom stereocenters. The third-order valence-electron chi connectivity index (χ3n) is 3.26. The number of nitrogens with one attached hydrogen (secondary N) is 1. The number of hydrogen-bond donors (Lipinski definition) is 1. The van der Waals surface area contributed by atoms with Gasteiger partial charge in [0.1, 0.15) is 0 Å². The van der Waals surface area contributed by atoms with Crippen molar-refractivity contribution in [3.63, 3.8) is 0 Å². The van der Waals surface area contributed by atoms with E-state index in [1.54, 1.807) is 6.20 Å².